The molecular weight excluding hydrogens is 286 g/mol. The molecule has 21 heavy (non-hydrogen) atoms. The SMILES string of the molecule is CN(CCC(=O)Nc1ccc(C(N)=S)cc1)C(C)(C)CO. The Labute approximate surface area is 131 Å². The number of amides is 1. The van der Waals surface area contributed by atoms with Crippen LogP contribution in [0.15, 0.2) is 24.3 Å². The van der Waals surface area contributed by atoms with Crippen molar-refractivity contribution < 1.29 is 9.90 Å². The van der Waals surface area contributed by atoms with Crippen LogP contribution >= 0.6 is 12.2 Å². The highest BCUT2D eigenvalue weighted by Gasteiger charge is 2.22. The maximum Gasteiger partial charge on any atom is 0.225 e. The molecule has 0 bridgehead atoms. The zero-order valence-corrected chi connectivity index (χ0v) is 13.5. The van der Waals surface area contributed by atoms with Crippen LogP contribution in [0.25, 0.3) is 0 Å². The number of nitrogens with two attached hydrogens (primary N) is 1. The van der Waals surface area contributed by atoms with Crippen LogP contribution in [-0.2, 0) is 4.79 Å². The molecule has 1 rings (SSSR count). The molecule has 0 spiro atoms. The zero-order chi connectivity index (χ0) is 16.0. The van der Waals surface area contributed by atoms with E-state index in [0.29, 0.717) is 23.6 Å². The van der Waals surface area contributed by atoms with E-state index in [1.807, 2.05) is 25.8 Å². The number of benzene rings is 1. The third kappa shape index (κ3) is 5.41. The summed E-state index contributed by atoms with van der Waals surface area (Å²) < 4.78 is 0. The van der Waals surface area contributed by atoms with Crippen molar-refractivity contribution in [3.63, 3.8) is 0 Å². The Kier molecular flexibility index (Phi) is 6.26. The monoisotopic (exact) mass is 309 g/mol. The molecule has 0 saturated carbocycles. The Morgan fingerprint density at radius 1 is 1.38 bits per heavy atom. The first kappa shape index (κ1) is 17.6. The van der Waals surface area contributed by atoms with E-state index in [0.717, 1.165) is 5.56 Å². The Hall–Kier alpha value is -1.50. The van der Waals surface area contributed by atoms with Gasteiger partial charge < -0.3 is 16.2 Å². The van der Waals surface area contributed by atoms with Gasteiger partial charge in [0.05, 0.1) is 6.61 Å². The number of hydrogen-bond donors (Lipinski definition) is 3. The molecular formula is C15H23N3O2S. The Bertz CT molecular complexity index is 500. The van der Waals surface area contributed by atoms with Gasteiger partial charge >= 0.3 is 0 Å². The summed E-state index contributed by atoms with van der Waals surface area (Å²) in [5.74, 6) is -0.0707. The highest BCUT2D eigenvalue weighted by molar-refractivity contribution is 7.80. The fourth-order valence-corrected chi connectivity index (χ4v) is 1.77. The number of likely N-dealkylation sites (N-methyl/N-ethyl adjacent to an activating group) is 1. The van der Waals surface area contributed by atoms with E-state index in [1.165, 1.54) is 0 Å². The van der Waals surface area contributed by atoms with Crippen LogP contribution in [0.2, 0.25) is 0 Å². The Morgan fingerprint density at radius 3 is 2.43 bits per heavy atom. The fourth-order valence-electron chi connectivity index (χ4n) is 1.63. The number of hydrogen-bond acceptors (Lipinski definition) is 4. The summed E-state index contributed by atoms with van der Waals surface area (Å²) in [4.78, 5) is 14.2. The highest BCUT2D eigenvalue weighted by Crippen LogP contribution is 2.13. The van der Waals surface area contributed by atoms with Gasteiger partial charge in [-0.25, -0.2) is 0 Å². The lowest BCUT2D eigenvalue weighted by Crippen LogP contribution is -2.45. The Balaban J connectivity index is 2.49. The number of rotatable bonds is 7. The third-order valence-corrected chi connectivity index (χ3v) is 3.78. The van der Waals surface area contributed by atoms with Crippen molar-refractivity contribution in [3.8, 4) is 0 Å². The van der Waals surface area contributed by atoms with E-state index < -0.39 is 0 Å². The number of aliphatic hydroxyl groups is 1. The first-order valence-electron chi connectivity index (χ1n) is 6.78. The van der Waals surface area contributed by atoms with Gasteiger partial charge in [-0.3, -0.25) is 9.69 Å². The number of carbonyl (C=O) groups is 1. The van der Waals surface area contributed by atoms with Crippen molar-refractivity contribution in [1.29, 1.82) is 0 Å². The lowest BCUT2D eigenvalue weighted by Gasteiger charge is -2.33. The molecule has 0 radical (unpaired) electrons. The first-order valence-corrected chi connectivity index (χ1v) is 7.19. The molecule has 0 aliphatic carbocycles. The van der Waals surface area contributed by atoms with Crippen LogP contribution in [0.5, 0.6) is 0 Å². The molecule has 0 fully saturated rings. The minimum Gasteiger partial charge on any atom is -0.394 e. The number of nitrogens with one attached hydrogen (secondary N) is 1. The molecule has 0 saturated heterocycles. The third-order valence-electron chi connectivity index (χ3n) is 3.55. The molecule has 116 valence electrons. The summed E-state index contributed by atoms with van der Waals surface area (Å²) in [6, 6.07) is 7.10. The number of thiocarbonyl (C=S) groups is 1. The molecule has 1 amide bonds. The van der Waals surface area contributed by atoms with E-state index in [2.05, 4.69) is 5.32 Å². The van der Waals surface area contributed by atoms with Crippen molar-refractivity contribution in [3.05, 3.63) is 29.8 Å². The molecule has 6 heteroatoms. The molecule has 5 nitrogen and oxygen atoms in total. The average molecular weight is 309 g/mol. The zero-order valence-electron chi connectivity index (χ0n) is 12.7. The average Bonchev–Trinajstić information content (AvgIpc) is 2.45. The predicted octanol–water partition coefficient (Wildman–Crippen LogP) is 1.35. The molecule has 0 aliphatic heterocycles. The minimum absolute atomic E-state index is 0.0472. The van der Waals surface area contributed by atoms with Crippen molar-refractivity contribution in [2.45, 2.75) is 25.8 Å². The summed E-state index contributed by atoms with van der Waals surface area (Å²) >= 11 is 4.87. The van der Waals surface area contributed by atoms with Gasteiger partial charge in [0.15, 0.2) is 0 Å². The molecule has 1 aromatic carbocycles. The largest absolute Gasteiger partial charge is 0.394 e. The maximum atomic E-state index is 11.9. The second-order valence-corrected chi connectivity index (χ2v) is 6.07. The van der Waals surface area contributed by atoms with Crippen molar-refractivity contribution in [2.75, 3.05) is 25.5 Å². The van der Waals surface area contributed by atoms with E-state index in [1.54, 1.807) is 24.3 Å². The molecule has 0 aliphatic rings. The molecule has 0 heterocycles. The smallest absolute Gasteiger partial charge is 0.225 e. The number of nitrogens with zero attached hydrogens (tertiary/aromatic N) is 1. The van der Waals surface area contributed by atoms with E-state index in [4.69, 9.17) is 18.0 Å². The second-order valence-electron chi connectivity index (χ2n) is 5.63. The van der Waals surface area contributed by atoms with Crippen LogP contribution in [-0.4, -0.2) is 46.6 Å². The van der Waals surface area contributed by atoms with Gasteiger partial charge in [-0.05, 0) is 45.2 Å². The van der Waals surface area contributed by atoms with Crippen molar-refractivity contribution in [1.82, 2.24) is 4.90 Å². The lowest BCUT2D eigenvalue weighted by atomic mass is 10.1. The van der Waals surface area contributed by atoms with Crippen LogP contribution in [0.1, 0.15) is 25.8 Å². The highest BCUT2D eigenvalue weighted by atomic mass is 32.1. The van der Waals surface area contributed by atoms with Gasteiger partial charge in [0, 0.05) is 29.8 Å². The van der Waals surface area contributed by atoms with Gasteiger partial charge in [0.2, 0.25) is 5.91 Å². The maximum absolute atomic E-state index is 11.9. The van der Waals surface area contributed by atoms with Crippen molar-refractivity contribution >= 4 is 28.8 Å². The van der Waals surface area contributed by atoms with Gasteiger partial charge in [0.1, 0.15) is 4.99 Å². The van der Waals surface area contributed by atoms with Crippen LogP contribution in [0.3, 0.4) is 0 Å². The summed E-state index contributed by atoms with van der Waals surface area (Å²) in [5, 5.41) is 12.1. The summed E-state index contributed by atoms with van der Waals surface area (Å²) in [6.07, 6.45) is 0.358. The van der Waals surface area contributed by atoms with E-state index in [-0.39, 0.29) is 18.1 Å². The standard InChI is InChI=1S/C15H23N3O2S/c1-15(2,10-19)18(3)9-8-13(20)17-12-6-4-11(5-7-12)14(16)21/h4-7,19H,8-10H2,1-3H3,(H2,16,21)(H,17,20). The molecule has 0 aromatic heterocycles. The predicted molar refractivity (Wildman–Crippen MR) is 89.4 cm³/mol. The fraction of sp³-hybridized carbons (Fsp3) is 0.467. The molecule has 0 unspecified atom stereocenters. The number of carbonyl (C=O) groups excluding carboxylic acids is 1. The summed E-state index contributed by atoms with van der Waals surface area (Å²) in [7, 11) is 1.89. The number of anilines is 1. The first-order chi connectivity index (χ1) is 9.76. The lowest BCUT2D eigenvalue weighted by molar-refractivity contribution is -0.116. The molecule has 1 aromatic rings. The topological polar surface area (TPSA) is 78.6 Å². The minimum atomic E-state index is -0.335. The molecule has 0 atom stereocenters. The number of aliphatic hydroxyl groups excluding tert-OH is 1. The van der Waals surface area contributed by atoms with Gasteiger partial charge in [-0.15, -0.1) is 0 Å². The van der Waals surface area contributed by atoms with Crippen LogP contribution < -0.4 is 11.1 Å². The quantitative estimate of drug-likeness (QED) is 0.663. The van der Waals surface area contributed by atoms with E-state index in [9.17, 15) is 9.90 Å². The second kappa shape index (κ2) is 7.49. The van der Waals surface area contributed by atoms with Gasteiger partial charge in [0.25, 0.3) is 0 Å². The van der Waals surface area contributed by atoms with Gasteiger partial charge in [-0.2, -0.15) is 0 Å². The van der Waals surface area contributed by atoms with E-state index >= 15 is 0 Å². The summed E-state index contributed by atoms with van der Waals surface area (Å²) in [6.45, 7) is 4.48. The van der Waals surface area contributed by atoms with Crippen LogP contribution in [0.4, 0.5) is 5.69 Å². The van der Waals surface area contributed by atoms with Crippen molar-refractivity contribution in [2.24, 2.45) is 5.73 Å². The Morgan fingerprint density at radius 2 is 1.95 bits per heavy atom. The normalized spacial score (nSPS) is 11.5. The van der Waals surface area contributed by atoms with Gasteiger partial charge in [-0.1, -0.05) is 12.2 Å². The molecule has 4 N–H and O–H groups in total. The summed E-state index contributed by atoms with van der Waals surface area (Å²) in [5.41, 5.74) is 6.67. The van der Waals surface area contributed by atoms with Crippen LogP contribution in [0, 0.1) is 0 Å².